The zero-order valence-electron chi connectivity index (χ0n) is 12.4. The highest BCUT2D eigenvalue weighted by Crippen LogP contribution is 2.25. The van der Waals surface area contributed by atoms with E-state index >= 15 is 0 Å². The Labute approximate surface area is 140 Å². The molecule has 0 aliphatic heterocycles. The van der Waals surface area contributed by atoms with E-state index in [1.807, 2.05) is 0 Å². The van der Waals surface area contributed by atoms with Gasteiger partial charge in [0, 0.05) is 23.9 Å². The van der Waals surface area contributed by atoms with Gasteiger partial charge in [-0.15, -0.1) is 0 Å². The van der Waals surface area contributed by atoms with Crippen LogP contribution in [0.3, 0.4) is 0 Å². The second-order valence-corrected chi connectivity index (χ2v) is 4.76. The van der Waals surface area contributed by atoms with Crippen molar-refractivity contribution < 1.29 is 49.4 Å². The Balaban J connectivity index is 2.89. The Morgan fingerprint density at radius 2 is 1.68 bits per heavy atom. The predicted octanol–water partition coefficient (Wildman–Crippen LogP) is -3.72. The number of hydrogen-bond donors (Lipinski definition) is 2. The van der Waals surface area contributed by atoms with E-state index in [2.05, 4.69) is 4.74 Å². The summed E-state index contributed by atoms with van der Waals surface area (Å²) >= 11 is 0. The summed E-state index contributed by atoms with van der Waals surface area (Å²) in [5.41, 5.74) is 0.225. The third kappa shape index (κ3) is 5.86. The Morgan fingerprint density at radius 3 is 2.16 bits per heavy atom. The van der Waals surface area contributed by atoms with Crippen LogP contribution in [0.25, 0.3) is 6.08 Å². The van der Waals surface area contributed by atoms with Gasteiger partial charge >= 0.3 is 5.97 Å². The molecule has 0 radical (unpaired) electrons. The van der Waals surface area contributed by atoms with E-state index in [1.165, 1.54) is 6.07 Å². The normalized spacial score (nSPS) is 13.1. The number of aromatic hydroxyl groups is 2. The number of rotatable bonds is 8. The van der Waals surface area contributed by atoms with Crippen LogP contribution < -0.4 is 15.3 Å². The molecule has 0 amide bonds. The third-order valence-corrected chi connectivity index (χ3v) is 2.94. The smallest absolute Gasteiger partial charge is 0.331 e. The van der Waals surface area contributed by atoms with Crippen molar-refractivity contribution in [1.29, 1.82) is 0 Å². The van der Waals surface area contributed by atoms with Gasteiger partial charge in [-0.05, 0) is 30.2 Å². The number of phenolic OH excluding ortho intramolecular Hbond substituents is 2. The van der Waals surface area contributed by atoms with Gasteiger partial charge in [0.2, 0.25) is 0 Å². The Kier molecular flexibility index (Phi) is 6.50. The molecule has 25 heavy (non-hydrogen) atoms. The van der Waals surface area contributed by atoms with E-state index in [-0.39, 0.29) is 5.56 Å². The molecule has 1 rings (SSSR count). The molecule has 1 aromatic carbocycles. The molecule has 0 unspecified atom stereocenters. The van der Waals surface area contributed by atoms with Crippen LogP contribution >= 0.6 is 0 Å². The van der Waals surface area contributed by atoms with Gasteiger partial charge in [0.25, 0.3) is 0 Å². The molecule has 0 aliphatic carbocycles. The summed E-state index contributed by atoms with van der Waals surface area (Å²) in [5, 5.41) is 50.7. The largest absolute Gasteiger partial charge is 0.550 e. The van der Waals surface area contributed by atoms with E-state index in [0.29, 0.717) is 6.08 Å². The van der Waals surface area contributed by atoms with Crippen molar-refractivity contribution in [2.45, 2.75) is 12.5 Å². The number of phenols is 2. The van der Waals surface area contributed by atoms with Crippen LogP contribution in [0.5, 0.6) is 11.5 Å². The average Bonchev–Trinajstić information content (AvgIpc) is 2.51. The third-order valence-electron chi connectivity index (χ3n) is 2.94. The molecular weight excluding hydrogens is 340 g/mol. The van der Waals surface area contributed by atoms with E-state index in [4.69, 9.17) is 5.11 Å². The molecule has 10 heteroatoms. The first-order chi connectivity index (χ1) is 11.6. The first-order valence-corrected chi connectivity index (χ1v) is 6.64. The molecule has 0 aliphatic rings. The Morgan fingerprint density at radius 1 is 1.04 bits per heavy atom. The van der Waals surface area contributed by atoms with Crippen LogP contribution in [0.2, 0.25) is 0 Å². The summed E-state index contributed by atoms with van der Waals surface area (Å²) in [4.78, 5) is 43.9. The maximum Gasteiger partial charge on any atom is 0.331 e. The minimum Gasteiger partial charge on any atom is -0.550 e. The zero-order valence-corrected chi connectivity index (χ0v) is 12.4. The van der Waals surface area contributed by atoms with E-state index in [9.17, 15) is 39.6 Å². The number of carbonyl (C=O) groups excluding carboxylic acids is 4. The van der Waals surface area contributed by atoms with Crippen molar-refractivity contribution in [2.24, 2.45) is 5.92 Å². The van der Waals surface area contributed by atoms with Crippen molar-refractivity contribution in [1.82, 2.24) is 0 Å². The number of ether oxygens (including phenoxy) is 1. The molecule has 0 saturated heterocycles. The molecule has 2 atom stereocenters. The molecule has 0 aromatic heterocycles. The highest BCUT2D eigenvalue weighted by Gasteiger charge is 2.27. The minimum atomic E-state index is -2.41. The maximum absolute atomic E-state index is 11.6. The number of carbonyl (C=O) groups is 4. The van der Waals surface area contributed by atoms with Crippen molar-refractivity contribution in [3.8, 4) is 11.5 Å². The number of benzene rings is 1. The molecule has 0 bridgehead atoms. The van der Waals surface area contributed by atoms with Crippen LogP contribution in [-0.4, -0.2) is 40.2 Å². The summed E-state index contributed by atoms with van der Waals surface area (Å²) in [6, 6.07) is 3.50. The van der Waals surface area contributed by atoms with Crippen LogP contribution in [-0.2, 0) is 23.9 Å². The lowest BCUT2D eigenvalue weighted by Gasteiger charge is -2.28. The van der Waals surface area contributed by atoms with E-state index in [1.54, 1.807) is 0 Å². The van der Waals surface area contributed by atoms with Gasteiger partial charge in [-0.2, -0.15) is 0 Å². The van der Waals surface area contributed by atoms with Gasteiger partial charge in [-0.1, -0.05) is 6.07 Å². The van der Waals surface area contributed by atoms with Gasteiger partial charge in [0.1, 0.15) is 6.10 Å². The highest BCUT2D eigenvalue weighted by atomic mass is 16.6. The fraction of sp³-hybridized carbons (Fsp3) is 0.200. The first-order valence-electron chi connectivity index (χ1n) is 6.64. The molecule has 10 nitrogen and oxygen atoms in total. The van der Waals surface area contributed by atoms with Gasteiger partial charge in [0.05, 0.1) is 5.97 Å². The lowest BCUT2D eigenvalue weighted by molar-refractivity contribution is -0.334. The van der Waals surface area contributed by atoms with Crippen LogP contribution in [0, 0.1) is 5.92 Å². The van der Waals surface area contributed by atoms with E-state index < -0.39 is 53.8 Å². The van der Waals surface area contributed by atoms with Crippen LogP contribution in [0.15, 0.2) is 24.3 Å². The number of hydrogen-bond acceptors (Lipinski definition) is 10. The van der Waals surface area contributed by atoms with Gasteiger partial charge in [-0.25, -0.2) is 4.79 Å². The van der Waals surface area contributed by atoms with Crippen molar-refractivity contribution in [2.75, 3.05) is 0 Å². The van der Waals surface area contributed by atoms with Crippen molar-refractivity contribution in [3.05, 3.63) is 29.8 Å². The molecule has 0 spiro atoms. The molecule has 0 fully saturated rings. The quantitative estimate of drug-likeness (QED) is 0.268. The summed E-state index contributed by atoms with van der Waals surface area (Å²) in [6.07, 6.45) is -1.90. The van der Waals surface area contributed by atoms with Gasteiger partial charge in [-0.3, -0.25) is 0 Å². The lowest BCUT2D eigenvalue weighted by Crippen LogP contribution is -2.51. The summed E-state index contributed by atoms with van der Waals surface area (Å²) in [7, 11) is 0. The molecule has 1 aromatic rings. The number of carboxylic acids is 3. The first kappa shape index (κ1) is 19.5. The Hall–Kier alpha value is -3.56. The monoisotopic (exact) mass is 351 g/mol. The second-order valence-electron chi connectivity index (χ2n) is 4.76. The molecule has 0 heterocycles. The molecule has 2 N–H and O–H groups in total. The average molecular weight is 351 g/mol. The predicted molar refractivity (Wildman–Crippen MR) is 71.8 cm³/mol. The fourth-order valence-electron chi connectivity index (χ4n) is 1.76. The number of aliphatic carboxylic acids is 3. The second kappa shape index (κ2) is 8.34. The van der Waals surface area contributed by atoms with Crippen molar-refractivity contribution in [3.63, 3.8) is 0 Å². The summed E-state index contributed by atoms with van der Waals surface area (Å²) in [6.45, 7) is 0. The number of carboxylic acid groups (broad SMARTS) is 3. The van der Waals surface area contributed by atoms with Crippen LogP contribution in [0.1, 0.15) is 12.0 Å². The lowest BCUT2D eigenvalue weighted by atomic mass is 9.98. The van der Waals surface area contributed by atoms with Gasteiger partial charge in [0.15, 0.2) is 11.5 Å². The molecule has 134 valence electrons. The molecule has 0 saturated carbocycles. The molecular formula is C15H11O10-3. The Bertz CT molecular complexity index is 721. The minimum absolute atomic E-state index is 0.225. The van der Waals surface area contributed by atoms with Gasteiger partial charge < -0.3 is 44.7 Å². The van der Waals surface area contributed by atoms with Crippen LogP contribution in [0.4, 0.5) is 0 Å². The zero-order chi connectivity index (χ0) is 19.1. The topological polar surface area (TPSA) is 187 Å². The van der Waals surface area contributed by atoms with Crippen molar-refractivity contribution >= 4 is 30.0 Å². The SMILES string of the molecule is O=C([O-])C[C@H](C(=O)[O-])[C@@H](OC(=O)/C=C/c1ccc(O)c(O)c1)C(=O)[O-]. The van der Waals surface area contributed by atoms with E-state index in [0.717, 1.165) is 18.2 Å². The fourth-order valence-corrected chi connectivity index (χ4v) is 1.76. The standard InChI is InChI=1S/C15H14O10/c16-9-3-1-7(5-10(9)17)2-4-12(20)25-13(15(23)24)8(14(21)22)6-11(18)19/h1-5,8,13,16-17H,6H2,(H,18,19)(H,21,22)(H,23,24)/p-3/b4-2+/t8-,13+/m0/s1. The maximum atomic E-state index is 11.6. The summed E-state index contributed by atoms with van der Waals surface area (Å²) < 4.78 is 4.40. The number of esters is 1. The highest BCUT2D eigenvalue weighted by molar-refractivity contribution is 5.90. The summed E-state index contributed by atoms with van der Waals surface area (Å²) in [5.74, 6) is -10.5.